The molecule has 0 bridgehead atoms. The van der Waals surface area contributed by atoms with Gasteiger partial charge in [0.2, 0.25) is 0 Å². The molecule has 36 heavy (non-hydrogen) atoms. The molecule has 0 rings (SSSR count). The molecule has 0 aromatic carbocycles. The summed E-state index contributed by atoms with van der Waals surface area (Å²) in [7, 11) is 7.41. The molecule has 0 aromatic heterocycles. The first-order valence-electron chi connectivity index (χ1n) is 8.93. The minimum Gasteiger partial charge on any atom is -0.404 e. The van der Waals surface area contributed by atoms with Crippen LogP contribution >= 0.6 is 0 Å². The van der Waals surface area contributed by atoms with E-state index in [0.29, 0.717) is 0 Å². The summed E-state index contributed by atoms with van der Waals surface area (Å²) in [5, 5.41) is 26.8. The van der Waals surface area contributed by atoms with E-state index in [1.54, 1.807) is 10.0 Å². The van der Waals surface area contributed by atoms with Crippen molar-refractivity contribution in [3.8, 4) is 0 Å². The zero-order valence-corrected chi connectivity index (χ0v) is 37.2. The molecule has 0 heterocycles. The SMILES string of the molecule is CC(C)=NN=[C-]C(C)(C)[C-]=NN=C(C)C.CN(C)N=[C-]C(C)(C)[C-]=NN(C)C.[CH3-].[CH3-].[CH3-].[CH3-].[Y].[Y].[Y].[Y]. The Morgan fingerprint density at radius 2 is 0.722 bits per heavy atom. The topological polar surface area (TPSA) is 80.6 Å². The van der Waals surface area contributed by atoms with Gasteiger partial charge < -0.3 is 85.0 Å². The van der Waals surface area contributed by atoms with Crippen molar-refractivity contribution in [3.05, 3.63) is 29.7 Å². The molecule has 204 valence electrons. The summed E-state index contributed by atoms with van der Waals surface area (Å²) in [5.74, 6) is 0. The number of hydrazone groups is 2. The quantitative estimate of drug-likeness (QED) is 0.189. The second-order valence-electron chi connectivity index (χ2n) is 7.89. The van der Waals surface area contributed by atoms with Gasteiger partial charge in [-0.1, -0.05) is 0 Å². The van der Waals surface area contributed by atoms with Gasteiger partial charge in [-0.15, -0.1) is 27.7 Å². The van der Waals surface area contributed by atoms with Crippen molar-refractivity contribution in [1.29, 1.82) is 0 Å². The zero-order chi connectivity index (χ0) is 22.4. The van der Waals surface area contributed by atoms with Crippen molar-refractivity contribution in [2.24, 2.45) is 41.4 Å². The van der Waals surface area contributed by atoms with E-state index in [0.717, 1.165) is 11.4 Å². The standard InChI is InChI=1S/C11H18N4.C9H18N4.4CH3.4Y/c1-9(2)14-12-7-11(5,6)8-13-15-10(3)4;1-9(2,7-10-12(3)4)8-11-13(5)6;;;;;;;;/h1-6H3;1-6H3;4*1H3;;;;/q2*-2;4*-1;;;;. The largest absolute Gasteiger partial charge is 0.404 e. The molecule has 0 amide bonds. The fourth-order valence-corrected chi connectivity index (χ4v) is 1.00. The number of rotatable bonds is 8. The Hall–Kier alpha value is 2.04. The van der Waals surface area contributed by atoms with Gasteiger partial charge in [0.05, 0.1) is 0 Å². The average molecular weight is 804 g/mol. The van der Waals surface area contributed by atoms with Gasteiger partial charge in [-0.25, -0.2) is 0 Å². The number of nitrogens with zero attached hydrogens (tertiary/aromatic N) is 8. The molecule has 0 atom stereocenters. The van der Waals surface area contributed by atoms with Gasteiger partial charge in [0.1, 0.15) is 0 Å². The third-order valence-electron chi connectivity index (χ3n) is 2.22. The maximum atomic E-state index is 4.02. The van der Waals surface area contributed by atoms with Gasteiger partial charge in [-0.05, 0) is 27.7 Å². The fourth-order valence-electron chi connectivity index (χ4n) is 1.00. The third kappa shape index (κ3) is 56.3. The maximum absolute atomic E-state index is 4.02. The molecule has 0 aliphatic heterocycles. The maximum Gasteiger partial charge on any atom is 0.0310 e. The van der Waals surface area contributed by atoms with Gasteiger partial charge in [0.25, 0.3) is 0 Å². The molecule has 0 spiro atoms. The summed E-state index contributed by atoms with van der Waals surface area (Å²) in [6, 6.07) is 0. The molecule has 0 unspecified atom stereocenters. The summed E-state index contributed by atoms with van der Waals surface area (Å²) in [6.45, 7) is 15.2. The van der Waals surface area contributed by atoms with Gasteiger partial charge in [0.15, 0.2) is 0 Å². The van der Waals surface area contributed by atoms with E-state index in [-0.39, 0.29) is 166 Å². The van der Waals surface area contributed by atoms with Gasteiger partial charge in [-0.3, -0.25) is 10.8 Å². The smallest absolute Gasteiger partial charge is 0.0310 e. The van der Waals surface area contributed by atoms with Crippen molar-refractivity contribution in [2.75, 3.05) is 28.2 Å². The third-order valence-corrected chi connectivity index (χ3v) is 2.22. The predicted octanol–water partition coefficient (Wildman–Crippen LogP) is 5.35. The Morgan fingerprint density at radius 3 is 0.917 bits per heavy atom. The van der Waals surface area contributed by atoms with Gasteiger partial charge in [-0.2, -0.15) is 10.2 Å². The molecule has 0 aliphatic rings. The second-order valence-corrected chi connectivity index (χ2v) is 7.89. The van der Waals surface area contributed by atoms with Crippen molar-refractivity contribution < 1.29 is 131 Å². The van der Waals surface area contributed by atoms with Gasteiger partial charge >= 0.3 is 0 Å². The molecule has 0 fully saturated rings. The Morgan fingerprint density at radius 1 is 0.500 bits per heavy atom. The number of hydrogen-bond donors (Lipinski definition) is 0. The minimum atomic E-state index is -0.474. The monoisotopic (exact) mass is 804 g/mol. The Bertz CT molecular complexity index is 568. The van der Waals surface area contributed by atoms with Crippen molar-refractivity contribution in [1.82, 2.24) is 10.0 Å². The van der Waals surface area contributed by atoms with Crippen molar-refractivity contribution in [3.63, 3.8) is 0 Å². The van der Waals surface area contributed by atoms with E-state index in [1.165, 1.54) is 0 Å². The van der Waals surface area contributed by atoms with Gasteiger partial charge in [0, 0.05) is 170 Å². The van der Waals surface area contributed by atoms with Crippen LogP contribution in [0.1, 0.15) is 55.4 Å². The van der Waals surface area contributed by atoms with E-state index in [2.05, 4.69) is 55.5 Å². The predicted molar refractivity (Wildman–Crippen MR) is 148 cm³/mol. The number of hydrogen-bond acceptors (Lipinski definition) is 8. The summed E-state index contributed by atoms with van der Waals surface area (Å²) in [5.41, 5.74) is 0.947. The molecule has 8 nitrogen and oxygen atoms in total. The van der Waals surface area contributed by atoms with Crippen LogP contribution in [0.5, 0.6) is 0 Å². The first-order valence-corrected chi connectivity index (χ1v) is 8.93. The molecule has 0 saturated heterocycles. The molecule has 0 aliphatic carbocycles. The van der Waals surface area contributed by atoms with E-state index >= 15 is 0 Å². The van der Waals surface area contributed by atoms with Crippen LogP contribution in [0.15, 0.2) is 30.6 Å². The molecule has 0 N–H and O–H groups in total. The fraction of sp³-hybridized carbons (Fsp3) is 0.583. The summed E-state index contributed by atoms with van der Waals surface area (Å²) < 4.78 is 0. The summed E-state index contributed by atoms with van der Waals surface area (Å²) in [4.78, 5) is 0. The van der Waals surface area contributed by atoms with Crippen molar-refractivity contribution in [2.45, 2.75) is 55.4 Å². The summed E-state index contributed by atoms with van der Waals surface area (Å²) >= 11 is 0. The molecular weight excluding hydrogens is 756 g/mol. The van der Waals surface area contributed by atoms with Crippen LogP contribution in [0.3, 0.4) is 0 Å². The van der Waals surface area contributed by atoms with E-state index in [4.69, 9.17) is 0 Å². The molecule has 0 aromatic rings. The zero-order valence-electron chi connectivity index (χ0n) is 25.9. The molecular formula is C24H48N8Y4-8. The van der Waals surface area contributed by atoms with Crippen LogP contribution in [0.4, 0.5) is 0 Å². The van der Waals surface area contributed by atoms with E-state index < -0.39 is 5.41 Å². The first kappa shape index (κ1) is 66.4. The van der Waals surface area contributed by atoms with Crippen LogP contribution in [0.2, 0.25) is 0 Å². The van der Waals surface area contributed by atoms with Crippen LogP contribution in [-0.4, -0.2) is 74.5 Å². The van der Waals surface area contributed by atoms with Crippen LogP contribution in [0.25, 0.3) is 0 Å². The Labute approximate surface area is 326 Å². The second kappa shape index (κ2) is 37.0. The molecule has 4 radical (unpaired) electrons. The van der Waals surface area contributed by atoms with E-state index in [1.807, 2.05) is 83.6 Å². The van der Waals surface area contributed by atoms with Crippen LogP contribution < -0.4 is 0 Å². The van der Waals surface area contributed by atoms with Crippen LogP contribution in [0, 0.1) is 40.5 Å². The Kier molecular flexibility index (Phi) is 68.3. The minimum absolute atomic E-state index is 0. The first-order chi connectivity index (χ1) is 12.7. The normalized spacial score (nSPS) is 9.67. The van der Waals surface area contributed by atoms with Crippen LogP contribution in [-0.2, 0) is 131 Å². The summed E-state index contributed by atoms with van der Waals surface area (Å²) in [6.07, 6.45) is 11.5. The molecule has 12 heteroatoms. The van der Waals surface area contributed by atoms with Crippen molar-refractivity contribution >= 4 is 36.3 Å². The molecule has 0 saturated carbocycles. The van der Waals surface area contributed by atoms with E-state index in [9.17, 15) is 0 Å². The Balaban J connectivity index is -0.0000000386. The average Bonchev–Trinajstić information content (AvgIpc) is 2.51.